The molecule has 1 amide bonds. The quantitative estimate of drug-likeness (QED) is 0.797. The predicted octanol–water partition coefficient (Wildman–Crippen LogP) is 2.49. The Balaban J connectivity index is 2.48. The summed E-state index contributed by atoms with van der Waals surface area (Å²) < 4.78 is 7.72. The van der Waals surface area contributed by atoms with Crippen molar-refractivity contribution in [1.29, 1.82) is 0 Å². The number of rotatable bonds is 5. The van der Waals surface area contributed by atoms with Crippen molar-refractivity contribution in [2.24, 2.45) is 4.99 Å². The zero-order valence-electron chi connectivity index (χ0n) is 12.2. The molecular formula is C15H18N2O3S. The standard InChI is InChI=1S/C15H18N2O3S/c1-3-7-13(18)16-15-17(10-14(19)20-4-2)11-8-5-6-9-12(11)21-15/h5-6,8-9H,3-4,7,10H2,1-2H3. The van der Waals surface area contributed by atoms with Gasteiger partial charge >= 0.3 is 5.97 Å². The highest BCUT2D eigenvalue weighted by Crippen LogP contribution is 2.16. The Morgan fingerprint density at radius 3 is 2.76 bits per heavy atom. The zero-order valence-corrected chi connectivity index (χ0v) is 13.0. The molecule has 2 rings (SSSR count). The number of fused-ring (bicyclic) bond motifs is 1. The first-order valence-corrected chi connectivity index (χ1v) is 7.79. The molecule has 0 fully saturated rings. The number of carbonyl (C=O) groups is 2. The number of hydrogen-bond donors (Lipinski definition) is 0. The van der Waals surface area contributed by atoms with E-state index in [0.717, 1.165) is 16.6 Å². The van der Waals surface area contributed by atoms with Gasteiger partial charge in [-0.05, 0) is 25.5 Å². The summed E-state index contributed by atoms with van der Waals surface area (Å²) in [7, 11) is 0. The van der Waals surface area contributed by atoms with Crippen LogP contribution < -0.4 is 4.80 Å². The molecule has 6 heteroatoms. The summed E-state index contributed by atoms with van der Waals surface area (Å²) in [6, 6.07) is 7.68. The van der Waals surface area contributed by atoms with Gasteiger partial charge in [0, 0.05) is 6.42 Å². The van der Waals surface area contributed by atoms with Gasteiger partial charge in [0.1, 0.15) is 6.54 Å². The van der Waals surface area contributed by atoms with Crippen LogP contribution in [0.3, 0.4) is 0 Å². The molecule has 1 aromatic carbocycles. The molecule has 0 radical (unpaired) electrons. The van der Waals surface area contributed by atoms with Crippen molar-refractivity contribution in [2.45, 2.75) is 33.2 Å². The molecule has 21 heavy (non-hydrogen) atoms. The fourth-order valence-corrected chi connectivity index (χ4v) is 3.02. The highest BCUT2D eigenvalue weighted by Gasteiger charge is 2.11. The minimum atomic E-state index is -0.328. The molecule has 0 aliphatic heterocycles. The van der Waals surface area contributed by atoms with E-state index in [9.17, 15) is 9.59 Å². The molecule has 0 atom stereocenters. The smallest absolute Gasteiger partial charge is 0.326 e. The van der Waals surface area contributed by atoms with E-state index >= 15 is 0 Å². The number of nitrogens with zero attached hydrogens (tertiary/aromatic N) is 2. The maximum atomic E-state index is 11.8. The number of amides is 1. The third-order valence-electron chi connectivity index (χ3n) is 2.86. The first-order chi connectivity index (χ1) is 10.2. The first-order valence-electron chi connectivity index (χ1n) is 6.97. The van der Waals surface area contributed by atoms with Gasteiger partial charge in [0.25, 0.3) is 0 Å². The van der Waals surface area contributed by atoms with E-state index in [0.29, 0.717) is 17.8 Å². The third kappa shape index (κ3) is 3.78. The van der Waals surface area contributed by atoms with Crippen LogP contribution in [-0.2, 0) is 20.9 Å². The molecule has 1 aromatic heterocycles. The SMILES string of the molecule is CCCC(=O)N=c1sc2ccccc2n1CC(=O)OCC. The van der Waals surface area contributed by atoms with Gasteiger partial charge < -0.3 is 9.30 Å². The number of aromatic nitrogens is 1. The Hall–Kier alpha value is -1.95. The van der Waals surface area contributed by atoms with E-state index in [4.69, 9.17) is 4.74 Å². The number of esters is 1. The summed E-state index contributed by atoms with van der Waals surface area (Å²) in [6.45, 7) is 4.11. The molecule has 0 aliphatic rings. The third-order valence-corrected chi connectivity index (χ3v) is 3.92. The van der Waals surface area contributed by atoms with E-state index in [1.54, 1.807) is 11.5 Å². The molecule has 0 N–H and O–H groups in total. The van der Waals surface area contributed by atoms with E-state index in [1.165, 1.54) is 11.3 Å². The van der Waals surface area contributed by atoms with Crippen LogP contribution in [-0.4, -0.2) is 23.1 Å². The summed E-state index contributed by atoms with van der Waals surface area (Å²) in [6.07, 6.45) is 1.17. The lowest BCUT2D eigenvalue weighted by Gasteiger charge is -2.04. The van der Waals surface area contributed by atoms with Crippen molar-refractivity contribution >= 4 is 33.4 Å². The Morgan fingerprint density at radius 1 is 1.29 bits per heavy atom. The number of carbonyl (C=O) groups excluding carboxylic acids is 2. The maximum Gasteiger partial charge on any atom is 0.326 e. The fourth-order valence-electron chi connectivity index (χ4n) is 1.97. The van der Waals surface area contributed by atoms with Gasteiger partial charge in [-0.2, -0.15) is 4.99 Å². The van der Waals surface area contributed by atoms with E-state index in [1.807, 2.05) is 31.2 Å². The average Bonchev–Trinajstić information content (AvgIpc) is 2.77. The van der Waals surface area contributed by atoms with Crippen LogP contribution in [0, 0.1) is 0 Å². The minimum Gasteiger partial charge on any atom is -0.465 e. The molecule has 0 saturated carbocycles. The van der Waals surface area contributed by atoms with E-state index < -0.39 is 0 Å². The van der Waals surface area contributed by atoms with Crippen LogP contribution in [0.15, 0.2) is 29.3 Å². The molecule has 0 bridgehead atoms. The highest BCUT2D eigenvalue weighted by atomic mass is 32.1. The van der Waals surface area contributed by atoms with Gasteiger partial charge in [0.2, 0.25) is 5.91 Å². The lowest BCUT2D eigenvalue weighted by molar-refractivity contribution is -0.143. The summed E-state index contributed by atoms with van der Waals surface area (Å²) in [5.41, 5.74) is 0.888. The number of ether oxygens (including phenoxy) is 1. The average molecular weight is 306 g/mol. The van der Waals surface area contributed by atoms with E-state index in [-0.39, 0.29) is 18.4 Å². The second-order valence-corrected chi connectivity index (χ2v) is 5.51. The van der Waals surface area contributed by atoms with Gasteiger partial charge in [0.15, 0.2) is 4.80 Å². The minimum absolute atomic E-state index is 0.0656. The van der Waals surface area contributed by atoms with Crippen molar-refractivity contribution in [3.63, 3.8) is 0 Å². The summed E-state index contributed by atoms with van der Waals surface area (Å²) in [4.78, 5) is 28.2. The van der Waals surface area contributed by atoms with Gasteiger partial charge in [-0.3, -0.25) is 9.59 Å². The lowest BCUT2D eigenvalue weighted by Crippen LogP contribution is -2.23. The summed E-state index contributed by atoms with van der Waals surface area (Å²) >= 11 is 1.41. The molecular weight excluding hydrogens is 288 g/mol. The molecule has 5 nitrogen and oxygen atoms in total. The van der Waals surface area contributed by atoms with Crippen LogP contribution in [0.25, 0.3) is 10.2 Å². The van der Waals surface area contributed by atoms with Crippen LogP contribution in [0.1, 0.15) is 26.7 Å². The number of para-hydroxylation sites is 1. The molecule has 112 valence electrons. The van der Waals surface area contributed by atoms with Crippen LogP contribution in [0.4, 0.5) is 0 Å². The van der Waals surface area contributed by atoms with Crippen molar-refractivity contribution < 1.29 is 14.3 Å². The van der Waals surface area contributed by atoms with Gasteiger partial charge in [0.05, 0.1) is 16.8 Å². The zero-order chi connectivity index (χ0) is 15.2. The second-order valence-electron chi connectivity index (χ2n) is 4.50. The predicted molar refractivity (Wildman–Crippen MR) is 81.9 cm³/mol. The molecule has 0 aliphatic carbocycles. The lowest BCUT2D eigenvalue weighted by atomic mass is 10.3. The van der Waals surface area contributed by atoms with Crippen LogP contribution >= 0.6 is 11.3 Å². The maximum absolute atomic E-state index is 11.8. The Kier molecular flexibility index (Phi) is 5.27. The summed E-state index contributed by atoms with van der Waals surface area (Å²) in [5, 5.41) is 0. The largest absolute Gasteiger partial charge is 0.465 e. The van der Waals surface area contributed by atoms with Crippen LogP contribution in [0.5, 0.6) is 0 Å². The van der Waals surface area contributed by atoms with Crippen molar-refractivity contribution in [3.8, 4) is 0 Å². The van der Waals surface area contributed by atoms with Gasteiger partial charge in [-0.15, -0.1) is 0 Å². The van der Waals surface area contributed by atoms with Gasteiger partial charge in [-0.1, -0.05) is 30.4 Å². The first kappa shape index (κ1) is 15.4. The summed E-state index contributed by atoms with van der Waals surface area (Å²) in [5.74, 6) is -0.493. The Labute approximate surface area is 126 Å². The van der Waals surface area contributed by atoms with Crippen molar-refractivity contribution in [3.05, 3.63) is 29.1 Å². The Morgan fingerprint density at radius 2 is 2.05 bits per heavy atom. The van der Waals surface area contributed by atoms with Crippen molar-refractivity contribution in [1.82, 2.24) is 4.57 Å². The second kappa shape index (κ2) is 7.17. The monoisotopic (exact) mass is 306 g/mol. The van der Waals surface area contributed by atoms with Gasteiger partial charge in [-0.25, -0.2) is 0 Å². The molecule has 1 heterocycles. The molecule has 2 aromatic rings. The topological polar surface area (TPSA) is 60.7 Å². The van der Waals surface area contributed by atoms with Crippen LogP contribution in [0.2, 0.25) is 0 Å². The number of hydrogen-bond acceptors (Lipinski definition) is 4. The fraction of sp³-hybridized carbons (Fsp3) is 0.400. The van der Waals surface area contributed by atoms with E-state index in [2.05, 4.69) is 4.99 Å². The molecule has 0 saturated heterocycles. The number of thiazole rings is 1. The Bertz CT molecular complexity index is 715. The molecule has 0 unspecified atom stereocenters. The highest BCUT2D eigenvalue weighted by molar-refractivity contribution is 7.16. The normalized spacial score (nSPS) is 11.8. The van der Waals surface area contributed by atoms with Crippen molar-refractivity contribution in [2.75, 3.05) is 6.61 Å². The number of benzene rings is 1. The molecule has 0 spiro atoms.